The van der Waals surface area contributed by atoms with Crippen molar-refractivity contribution in [2.45, 2.75) is 46.5 Å². The van der Waals surface area contributed by atoms with Gasteiger partial charge in [-0.05, 0) is 48.3 Å². The molecule has 1 aromatic carbocycles. The summed E-state index contributed by atoms with van der Waals surface area (Å²) in [6.45, 7) is 6.98. The average Bonchev–Trinajstić information content (AvgIpc) is 2.86. The van der Waals surface area contributed by atoms with Crippen LogP contribution in [0.5, 0.6) is 5.75 Å². The van der Waals surface area contributed by atoms with Gasteiger partial charge < -0.3 is 4.74 Å². The van der Waals surface area contributed by atoms with E-state index < -0.39 is 0 Å². The van der Waals surface area contributed by atoms with Gasteiger partial charge in [0.25, 0.3) is 0 Å². The van der Waals surface area contributed by atoms with E-state index in [1.165, 1.54) is 18.6 Å². The lowest BCUT2D eigenvalue weighted by molar-refractivity contribution is -0.120. The van der Waals surface area contributed by atoms with Crippen LogP contribution in [0.3, 0.4) is 0 Å². The number of ether oxygens (including phenoxy) is 1. The Hall–Kier alpha value is -1.84. The monoisotopic (exact) mass is 314 g/mol. The van der Waals surface area contributed by atoms with Crippen molar-refractivity contribution < 1.29 is 9.53 Å². The molecule has 2 saturated carbocycles. The highest BCUT2D eigenvalue weighted by atomic mass is 16.5. The SMILES string of the molecule is COc1ccc(CC(=O)N/N=C2/C[C@@H]3CC[C@@]2(C)C3(C)C)cc1. The van der Waals surface area contributed by atoms with Crippen LogP contribution in [0.15, 0.2) is 29.4 Å². The van der Waals surface area contributed by atoms with Crippen LogP contribution >= 0.6 is 0 Å². The topological polar surface area (TPSA) is 50.7 Å². The fourth-order valence-electron chi connectivity index (χ4n) is 4.20. The number of nitrogens with zero attached hydrogens (tertiary/aromatic N) is 1. The van der Waals surface area contributed by atoms with Gasteiger partial charge in [0.2, 0.25) is 5.91 Å². The highest BCUT2D eigenvalue weighted by molar-refractivity contribution is 5.95. The predicted molar refractivity (Wildman–Crippen MR) is 91.5 cm³/mol. The van der Waals surface area contributed by atoms with Gasteiger partial charge in [0.05, 0.1) is 13.5 Å². The molecule has 2 bridgehead atoms. The third-order valence-electron chi connectivity index (χ3n) is 6.35. The molecule has 0 heterocycles. The molecule has 0 aliphatic heterocycles. The summed E-state index contributed by atoms with van der Waals surface area (Å²) in [4.78, 5) is 12.1. The molecule has 2 atom stereocenters. The van der Waals surface area contributed by atoms with Gasteiger partial charge in [0.15, 0.2) is 0 Å². The average molecular weight is 314 g/mol. The molecule has 0 radical (unpaired) electrons. The second kappa shape index (κ2) is 5.66. The molecule has 0 spiro atoms. The van der Waals surface area contributed by atoms with Crippen molar-refractivity contribution in [2.24, 2.45) is 21.8 Å². The fourth-order valence-corrected chi connectivity index (χ4v) is 4.20. The van der Waals surface area contributed by atoms with Gasteiger partial charge in [0.1, 0.15) is 5.75 Å². The highest BCUT2D eigenvalue weighted by Gasteiger charge is 2.59. The van der Waals surface area contributed by atoms with Crippen molar-refractivity contribution in [1.29, 1.82) is 0 Å². The number of nitrogens with one attached hydrogen (secondary N) is 1. The van der Waals surface area contributed by atoms with E-state index in [1.807, 2.05) is 24.3 Å². The van der Waals surface area contributed by atoms with E-state index in [2.05, 4.69) is 31.3 Å². The van der Waals surface area contributed by atoms with Crippen molar-refractivity contribution >= 4 is 11.6 Å². The highest BCUT2D eigenvalue weighted by Crippen LogP contribution is 2.63. The Bertz CT molecular complexity index is 633. The van der Waals surface area contributed by atoms with Crippen LogP contribution < -0.4 is 10.2 Å². The van der Waals surface area contributed by atoms with E-state index in [0.29, 0.717) is 12.3 Å². The number of carbonyl (C=O) groups is 1. The lowest BCUT2D eigenvalue weighted by atomic mass is 9.70. The van der Waals surface area contributed by atoms with Crippen LogP contribution in [0.2, 0.25) is 0 Å². The quantitative estimate of drug-likeness (QED) is 0.864. The summed E-state index contributed by atoms with van der Waals surface area (Å²) < 4.78 is 5.13. The Morgan fingerprint density at radius 2 is 2.00 bits per heavy atom. The molecule has 2 aliphatic carbocycles. The molecule has 1 amide bonds. The summed E-state index contributed by atoms with van der Waals surface area (Å²) in [6, 6.07) is 7.56. The molecule has 0 saturated heterocycles. The van der Waals surface area contributed by atoms with Crippen LogP contribution in [-0.2, 0) is 11.2 Å². The van der Waals surface area contributed by atoms with E-state index in [4.69, 9.17) is 4.74 Å². The molecule has 3 rings (SSSR count). The molecule has 2 aliphatic rings. The van der Waals surface area contributed by atoms with Crippen molar-refractivity contribution in [3.63, 3.8) is 0 Å². The minimum Gasteiger partial charge on any atom is -0.497 e. The molecule has 2 fully saturated rings. The zero-order chi connectivity index (χ0) is 16.7. The van der Waals surface area contributed by atoms with Gasteiger partial charge in [-0.15, -0.1) is 0 Å². The lowest BCUT2D eigenvalue weighted by Crippen LogP contribution is -2.34. The van der Waals surface area contributed by atoms with Crippen molar-refractivity contribution in [1.82, 2.24) is 5.43 Å². The Morgan fingerprint density at radius 3 is 2.52 bits per heavy atom. The van der Waals surface area contributed by atoms with Gasteiger partial charge in [-0.2, -0.15) is 5.10 Å². The van der Waals surface area contributed by atoms with Gasteiger partial charge >= 0.3 is 0 Å². The number of methoxy groups -OCH3 is 1. The van der Waals surface area contributed by atoms with Gasteiger partial charge in [-0.25, -0.2) is 5.43 Å². The molecule has 1 N–H and O–H groups in total. The molecule has 1 aromatic rings. The molecular formula is C19H26N2O2. The second-order valence-electron chi connectivity index (χ2n) is 7.61. The summed E-state index contributed by atoms with van der Waals surface area (Å²) in [5.41, 5.74) is 5.31. The number of amides is 1. The third-order valence-corrected chi connectivity index (χ3v) is 6.35. The maximum atomic E-state index is 12.1. The van der Waals surface area contributed by atoms with Gasteiger partial charge in [-0.3, -0.25) is 4.79 Å². The van der Waals surface area contributed by atoms with E-state index in [1.54, 1.807) is 7.11 Å². The second-order valence-corrected chi connectivity index (χ2v) is 7.61. The number of fused-ring (bicyclic) bond motifs is 2. The van der Waals surface area contributed by atoms with Crippen molar-refractivity contribution in [3.05, 3.63) is 29.8 Å². The zero-order valence-corrected chi connectivity index (χ0v) is 14.5. The molecular weight excluding hydrogens is 288 g/mol. The van der Waals surface area contributed by atoms with Crippen LogP contribution in [-0.4, -0.2) is 18.7 Å². The first-order valence-corrected chi connectivity index (χ1v) is 8.35. The molecule has 0 unspecified atom stereocenters. The summed E-state index contributed by atoms with van der Waals surface area (Å²) in [7, 11) is 1.63. The first kappa shape index (κ1) is 16.0. The normalized spacial score (nSPS) is 29.7. The van der Waals surface area contributed by atoms with Crippen LogP contribution in [0, 0.1) is 16.7 Å². The van der Waals surface area contributed by atoms with Gasteiger partial charge in [-0.1, -0.05) is 32.9 Å². The zero-order valence-electron chi connectivity index (χ0n) is 14.5. The van der Waals surface area contributed by atoms with Crippen LogP contribution in [0.4, 0.5) is 0 Å². The smallest absolute Gasteiger partial charge is 0.244 e. The number of carbonyl (C=O) groups excluding carboxylic acids is 1. The maximum Gasteiger partial charge on any atom is 0.244 e. The summed E-state index contributed by atoms with van der Waals surface area (Å²) in [5.74, 6) is 1.43. The van der Waals surface area contributed by atoms with E-state index in [-0.39, 0.29) is 16.7 Å². The maximum absolute atomic E-state index is 12.1. The number of hydrogen-bond acceptors (Lipinski definition) is 3. The van der Waals surface area contributed by atoms with E-state index in [9.17, 15) is 4.79 Å². The van der Waals surface area contributed by atoms with Crippen molar-refractivity contribution in [2.75, 3.05) is 7.11 Å². The van der Waals surface area contributed by atoms with E-state index in [0.717, 1.165) is 17.7 Å². The minimum atomic E-state index is -0.0631. The Labute approximate surface area is 138 Å². The first-order valence-electron chi connectivity index (χ1n) is 8.35. The predicted octanol–water partition coefficient (Wildman–Crippen LogP) is 3.56. The van der Waals surface area contributed by atoms with Crippen LogP contribution in [0.1, 0.15) is 45.6 Å². The molecule has 0 aromatic heterocycles. The van der Waals surface area contributed by atoms with E-state index >= 15 is 0 Å². The summed E-state index contributed by atoms with van der Waals surface area (Å²) >= 11 is 0. The molecule has 23 heavy (non-hydrogen) atoms. The largest absolute Gasteiger partial charge is 0.497 e. The number of benzene rings is 1. The summed E-state index contributed by atoms with van der Waals surface area (Å²) in [6.07, 6.45) is 3.82. The number of hydrazone groups is 1. The standard InChI is InChI=1S/C19H26N2O2/c1-18(2)14-9-10-19(18,3)16(12-14)20-21-17(22)11-13-5-7-15(23-4)8-6-13/h5-8,14H,9-12H2,1-4H3,(H,21,22)/b20-16-/t14-,19+/m0/s1. The summed E-state index contributed by atoms with van der Waals surface area (Å²) in [5, 5.41) is 4.50. The molecule has 4 nitrogen and oxygen atoms in total. The Balaban J connectivity index is 1.63. The fraction of sp³-hybridized carbons (Fsp3) is 0.579. The van der Waals surface area contributed by atoms with Gasteiger partial charge in [0, 0.05) is 11.1 Å². The molecule has 124 valence electrons. The Kier molecular flexibility index (Phi) is 3.95. The minimum absolute atomic E-state index is 0.0631. The van der Waals surface area contributed by atoms with Crippen molar-refractivity contribution in [3.8, 4) is 5.75 Å². The first-order chi connectivity index (χ1) is 10.9. The van der Waals surface area contributed by atoms with Crippen LogP contribution in [0.25, 0.3) is 0 Å². The number of hydrogen-bond donors (Lipinski definition) is 1. The Morgan fingerprint density at radius 1 is 1.30 bits per heavy atom. The third kappa shape index (κ3) is 2.64. The number of rotatable bonds is 4. The molecule has 4 heteroatoms. The lowest BCUT2D eigenvalue weighted by Gasteiger charge is -2.34.